The summed E-state index contributed by atoms with van der Waals surface area (Å²) >= 11 is 0. The van der Waals surface area contributed by atoms with Crippen molar-refractivity contribution in [1.82, 2.24) is 0 Å². The summed E-state index contributed by atoms with van der Waals surface area (Å²) in [6.45, 7) is -1.18. The smallest absolute Gasteiger partial charge is 0.344 e. The van der Waals surface area contributed by atoms with Crippen molar-refractivity contribution in [3.05, 3.63) is 41.9 Å². The summed E-state index contributed by atoms with van der Waals surface area (Å²) in [7, 11) is 0. The molecule has 3 nitrogen and oxygen atoms in total. The second kappa shape index (κ2) is 6.63. The van der Waals surface area contributed by atoms with Gasteiger partial charge in [0.05, 0.1) is 5.56 Å². The van der Waals surface area contributed by atoms with Crippen LogP contribution in [0.3, 0.4) is 0 Å². The molecule has 0 heterocycles. The predicted molar refractivity (Wildman–Crippen MR) is 53.7 cm³/mol. The maximum atomic E-state index is 12.4. The Balaban J connectivity index is 2.68. The minimum absolute atomic E-state index is 0.0703. The Morgan fingerprint density at radius 2 is 1.72 bits per heavy atom. The van der Waals surface area contributed by atoms with E-state index in [1.165, 1.54) is 12.1 Å². The van der Waals surface area contributed by atoms with Crippen LogP contribution in [0, 0.1) is 0 Å². The summed E-state index contributed by atoms with van der Waals surface area (Å²) in [5.41, 5.74) is 0.0703. The summed E-state index contributed by atoms with van der Waals surface area (Å²) in [5, 5.41) is 0. The van der Waals surface area contributed by atoms with Gasteiger partial charge in [0.1, 0.15) is 19.0 Å². The van der Waals surface area contributed by atoms with Gasteiger partial charge in [0.2, 0.25) is 0 Å². The Morgan fingerprint density at radius 3 is 2.22 bits per heavy atom. The minimum Gasteiger partial charge on any atom is -0.459 e. The third-order valence-corrected chi connectivity index (χ3v) is 1.76. The maximum Gasteiger partial charge on any atom is 0.344 e. The normalized spacial score (nSPS) is 9.78. The van der Waals surface area contributed by atoms with E-state index in [0.29, 0.717) is 0 Å². The minimum atomic E-state index is -2.58. The van der Waals surface area contributed by atoms with E-state index in [9.17, 15) is 22.4 Å². The number of hydrogen-bond acceptors (Lipinski definition) is 3. The SMILES string of the molecule is O=C(OCCF)c1ccc(OC(F)=C(F)F)cc1. The lowest BCUT2D eigenvalue weighted by atomic mass is 10.2. The highest BCUT2D eigenvalue weighted by molar-refractivity contribution is 5.89. The first-order valence-corrected chi connectivity index (χ1v) is 4.76. The Hall–Kier alpha value is -2.05. The van der Waals surface area contributed by atoms with Gasteiger partial charge in [-0.1, -0.05) is 0 Å². The van der Waals surface area contributed by atoms with Crippen LogP contribution < -0.4 is 4.74 Å². The lowest BCUT2D eigenvalue weighted by molar-refractivity contribution is 0.0481. The molecule has 0 unspecified atom stereocenters. The van der Waals surface area contributed by atoms with E-state index in [-0.39, 0.29) is 17.9 Å². The summed E-state index contributed by atoms with van der Waals surface area (Å²) in [6, 6.07) is 2.56. The average Bonchev–Trinajstić information content (AvgIpc) is 2.36. The lowest BCUT2D eigenvalue weighted by Gasteiger charge is -2.04. The molecular weight excluding hydrogens is 256 g/mol. The van der Waals surface area contributed by atoms with Crippen LogP contribution in [0.4, 0.5) is 17.6 Å². The number of ether oxygens (including phenoxy) is 2. The van der Waals surface area contributed by atoms with Crippen LogP contribution in [-0.4, -0.2) is 19.3 Å². The fourth-order valence-electron chi connectivity index (χ4n) is 1.02. The first-order valence-electron chi connectivity index (χ1n) is 4.76. The third-order valence-electron chi connectivity index (χ3n) is 1.76. The first-order chi connectivity index (χ1) is 8.54. The molecule has 1 rings (SSSR count). The van der Waals surface area contributed by atoms with Gasteiger partial charge >= 0.3 is 18.1 Å². The van der Waals surface area contributed by atoms with E-state index in [2.05, 4.69) is 9.47 Å². The quantitative estimate of drug-likeness (QED) is 0.465. The Labute approximate surface area is 99.6 Å². The summed E-state index contributed by atoms with van der Waals surface area (Å²) in [6.07, 6.45) is -2.58. The molecule has 0 N–H and O–H groups in total. The van der Waals surface area contributed by atoms with Crippen LogP contribution in [0.2, 0.25) is 0 Å². The second-order valence-electron chi connectivity index (χ2n) is 2.99. The van der Waals surface area contributed by atoms with E-state index in [1.807, 2.05) is 0 Å². The maximum absolute atomic E-state index is 12.4. The van der Waals surface area contributed by atoms with Crippen molar-refractivity contribution in [2.24, 2.45) is 0 Å². The molecule has 18 heavy (non-hydrogen) atoms. The standard InChI is InChI=1S/C11H8F4O3/c12-5-6-17-11(16)7-1-3-8(4-2-7)18-10(15)9(13)14/h1-4H,5-6H2. The Kier molecular flexibility index (Phi) is 5.16. The van der Waals surface area contributed by atoms with Crippen molar-refractivity contribution in [1.29, 1.82) is 0 Å². The van der Waals surface area contributed by atoms with Gasteiger partial charge in [-0.3, -0.25) is 0 Å². The van der Waals surface area contributed by atoms with Crippen molar-refractivity contribution >= 4 is 5.97 Å². The van der Waals surface area contributed by atoms with E-state index < -0.39 is 24.7 Å². The number of alkyl halides is 1. The van der Waals surface area contributed by atoms with Crippen LogP contribution in [0.15, 0.2) is 36.4 Å². The van der Waals surface area contributed by atoms with Gasteiger partial charge in [-0.05, 0) is 24.3 Å². The number of carbonyl (C=O) groups is 1. The fraction of sp³-hybridized carbons (Fsp3) is 0.182. The van der Waals surface area contributed by atoms with Gasteiger partial charge in [0, 0.05) is 0 Å². The van der Waals surface area contributed by atoms with Crippen molar-refractivity contribution in [2.45, 2.75) is 0 Å². The molecule has 7 heteroatoms. The Morgan fingerprint density at radius 1 is 1.11 bits per heavy atom. The van der Waals surface area contributed by atoms with Crippen LogP contribution in [0.5, 0.6) is 5.75 Å². The average molecular weight is 264 g/mol. The fourth-order valence-corrected chi connectivity index (χ4v) is 1.02. The molecule has 0 atom stereocenters. The highest BCUT2D eigenvalue weighted by Crippen LogP contribution is 2.19. The van der Waals surface area contributed by atoms with E-state index in [0.717, 1.165) is 12.1 Å². The van der Waals surface area contributed by atoms with Crippen molar-refractivity contribution in [2.75, 3.05) is 13.3 Å². The van der Waals surface area contributed by atoms with Gasteiger partial charge in [-0.15, -0.1) is 0 Å². The molecule has 1 aromatic rings. The van der Waals surface area contributed by atoms with Crippen molar-refractivity contribution in [3.8, 4) is 5.75 Å². The van der Waals surface area contributed by atoms with Crippen LogP contribution in [0.25, 0.3) is 0 Å². The van der Waals surface area contributed by atoms with Crippen LogP contribution in [0.1, 0.15) is 10.4 Å². The van der Waals surface area contributed by atoms with E-state index in [1.54, 1.807) is 0 Å². The Bertz CT molecular complexity index is 438. The van der Waals surface area contributed by atoms with Crippen molar-refractivity contribution in [3.63, 3.8) is 0 Å². The van der Waals surface area contributed by atoms with E-state index in [4.69, 9.17) is 0 Å². The van der Waals surface area contributed by atoms with Gasteiger partial charge in [-0.2, -0.15) is 13.2 Å². The molecule has 0 fully saturated rings. The zero-order valence-electron chi connectivity index (χ0n) is 8.96. The summed E-state index contributed by atoms with van der Waals surface area (Å²) < 4.78 is 56.2. The summed E-state index contributed by atoms with van der Waals surface area (Å²) in [5.74, 6) is -0.978. The van der Waals surface area contributed by atoms with Crippen molar-refractivity contribution < 1.29 is 31.8 Å². The highest BCUT2D eigenvalue weighted by atomic mass is 19.3. The molecule has 0 aromatic heterocycles. The summed E-state index contributed by atoms with van der Waals surface area (Å²) in [4.78, 5) is 11.2. The number of rotatable bonds is 5. The number of benzene rings is 1. The molecule has 0 radical (unpaired) electrons. The van der Waals surface area contributed by atoms with E-state index >= 15 is 0 Å². The second-order valence-corrected chi connectivity index (χ2v) is 2.99. The zero-order valence-corrected chi connectivity index (χ0v) is 8.96. The zero-order chi connectivity index (χ0) is 13.5. The van der Waals surface area contributed by atoms with Gasteiger partial charge in [-0.25, -0.2) is 9.18 Å². The van der Waals surface area contributed by atoms with Crippen LogP contribution >= 0.6 is 0 Å². The number of carbonyl (C=O) groups excluding carboxylic acids is 1. The monoisotopic (exact) mass is 264 g/mol. The molecule has 0 bridgehead atoms. The first kappa shape index (κ1) is 14.0. The molecule has 0 amide bonds. The molecule has 0 aliphatic carbocycles. The molecule has 0 saturated carbocycles. The number of halogens is 4. The number of hydrogen-bond donors (Lipinski definition) is 0. The number of esters is 1. The molecule has 0 spiro atoms. The third kappa shape index (κ3) is 4.08. The molecular formula is C11H8F4O3. The van der Waals surface area contributed by atoms with Gasteiger partial charge in [0.15, 0.2) is 0 Å². The molecule has 0 aliphatic rings. The lowest BCUT2D eigenvalue weighted by Crippen LogP contribution is -2.07. The largest absolute Gasteiger partial charge is 0.459 e. The molecule has 0 aliphatic heterocycles. The van der Waals surface area contributed by atoms with Gasteiger partial charge < -0.3 is 9.47 Å². The van der Waals surface area contributed by atoms with Crippen LogP contribution in [-0.2, 0) is 4.74 Å². The molecule has 98 valence electrons. The highest BCUT2D eigenvalue weighted by Gasteiger charge is 2.10. The van der Waals surface area contributed by atoms with Gasteiger partial charge in [0.25, 0.3) is 0 Å². The predicted octanol–water partition coefficient (Wildman–Crippen LogP) is 3.23. The molecule has 1 aromatic carbocycles. The topological polar surface area (TPSA) is 35.5 Å². The molecule has 0 saturated heterocycles.